The second kappa shape index (κ2) is 8.06. The molecule has 2 aromatic heterocycles. The molecule has 1 N–H and O–H groups in total. The minimum Gasteiger partial charge on any atom is -0.351 e. The maximum absolute atomic E-state index is 12.8. The zero-order valence-corrected chi connectivity index (χ0v) is 16.7. The molecule has 2 aromatic rings. The molecule has 1 aliphatic rings. The van der Waals surface area contributed by atoms with Crippen molar-refractivity contribution in [2.75, 3.05) is 19.6 Å². The van der Waals surface area contributed by atoms with Crippen LogP contribution in [0, 0.1) is 0 Å². The Morgan fingerprint density at radius 3 is 2.52 bits per heavy atom. The number of hydrogen-bond donors (Lipinski definition) is 1. The van der Waals surface area contributed by atoms with E-state index in [1.165, 1.54) is 0 Å². The van der Waals surface area contributed by atoms with Gasteiger partial charge in [-0.15, -0.1) is 0 Å². The van der Waals surface area contributed by atoms with Crippen molar-refractivity contribution in [3.8, 4) is 0 Å². The lowest BCUT2D eigenvalue weighted by Gasteiger charge is -2.15. The first-order chi connectivity index (χ1) is 12.9. The number of fused-ring (bicyclic) bond motifs is 1. The van der Waals surface area contributed by atoms with Gasteiger partial charge < -0.3 is 10.2 Å². The topological polar surface area (TPSA) is 80.1 Å². The molecular formula is C20H29N5O2. The van der Waals surface area contributed by atoms with Crippen LogP contribution in [-0.4, -0.2) is 51.1 Å². The lowest BCUT2D eigenvalue weighted by Crippen LogP contribution is -2.32. The average molecular weight is 371 g/mol. The van der Waals surface area contributed by atoms with Crippen LogP contribution in [-0.2, 0) is 4.79 Å². The Labute approximate surface area is 160 Å². The van der Waals surface area contributed by atoms with E-state index in [1.807, 2.05) is 29.5 Å². The lowest BCUT2D eigenvalue weighted by molar-refractivity contribution is -0.129. The van der Waals surface area contributed by atoms with Crippen LogP contribution in [0.15, 0.2) is 12.3 Å². The summed E-state index contributed by atoms with van der Waals surface area (Å²) in [7, 11) is 0. The maximum Gasteiger partial charge on any atom is 0.252 e. The van der Waals surface area contributed by atoms with Gasteiger partial charge in [-0.3, -0.25) is 9.59 Å². The second-order valence-corrected chi connectivity index (χ2v) is 7.76. The van der Waals surface area contributed by atoms with Crippen molar-refractivity contribution in [1.29, 1.82) is 0 Å². The smallest absolute Gasteiger partial charge is 0.252 e. The first-order valence-corrected chi connectivity index (χ1v) is 9.82. The molecule has 146 valence electrons. The molecular weight excluding hydrogens is 342 g/mol. The van der Waals surface area contributed by atoms with Crippen LogP contribution in [0.4, 0.5) is 0 Å². The fraction of sp³-hybridized carbons (Fsp3) is 0.600. The summed E-state index contributed by atoms with van der Waals surface area (Å²) in [6.45, 7) is 10.2. The van der Waals surface area contributed by atoms with E-state index >= 15 is 0 Å². The molecule has 0 aromatic carbocycles. The van der Waals surface area contributed by atoms with Crippen molar-refractivity contribution >= 4 is 22.8 Å². The van der Waals surface area contributed by atoms with Gasteiger partial charge in [-0.25, -0.2) is 9.67 Å². The lowest BCUT2D eigenvalue weighted by atomic mass is 10.0. The number of carbonyl (C=O) groups excluding carboxylic acids is 2. The van der Waals surface area contributed by atoms with E-state index in [9.17, 15) is 9.59 Å². The molecule has 1 saturated heterocycles. The number of aromatic nitrogens is 3. The number of rotatable bonds is 6. The molecule has 0 aliphatic carbocycles. The Morgan fingerprint density at radius 2 is 1.89 bits per heavy atom. The molecule has 0 saturated carbocycles. The van der Waals surface area contributed by atoms with Crippen molar-refractivity contribution in [3.05, 3.63) is 23.5 Å². The van der Waals surface area contributed by atoms with Crippen molar-refractivity contribution in [2.45, 2.75) is 58.9 Å². The molecule has 7 nitrogen and oxygen atoms in total. The summed E-state index contributed by atoms with van der Waals surface area (Å²) in [4.78, 5) is 31.6. The van der Waals surface area contributed by atoms with Crippen molar-refractivity contribution < 1.29 is 9.59 Å². The molecule has 3 rings (SSSR count). The second-order valence-electron chi connectivity index (χ2n) is 7.76. The number of nitrogens with zero attached hydrogens (tertiary/aromatic N) is 4. The van der Waals surface area contributed by atoms with E-state index in [2.05, 4.69) is 24.3 Å². The van der Waals surface area contributed by atoms with Crippen molar-refractivity contribution in [1.82, 2.24) is 25.0 Å². The highest BCUT2D eigenvalue weighted by atomic mass is 16.2. The Hall–Kier alpha value is -2.44. The number of pyridine rings is 1. The molecule has 0 unspecified atom stereocenters. The highest BCUT2D eigenvalue weighted by molar-refractivity contribution is 6.05. The Kier molecular flexibility index (Phi) is 5.77. The monoisotopic (exact) mass is 371 g/mol. The Morgan fingerprint density at radius 1 is 1.19 bits per heavy atom. The van der Waals surface area contributed by atoms with Crippen LogP contribution in [0.2, 0.25) is 0 Å². The number of amides is 2. The molecule has 1 fully saturated rings. The van der Waals surface area contributed by atoms with E-state index in [1.54, 1.807) is 6.20 Å². The molecule has 7 heteroatoms. The number of likely N-dealkylation sites (tertiary alicyclic amines) is 1. The van der Waals surface area contributed by atoms with Crippen molar-refractivity contribution in [3.63, 3.8) is 0 Å². The third-order valence-corrected chi connectivity index (χ3v) is 5.00. The largest absolute Gasteiger partial charge is 0.351 e. The van der Waals surface area contributed by atoms with Gasteiger partial charge in [0.15, 0.2) is 5.65 Å². The summed E-state index contributed by atoms with van der Waals surface area (Å²) in [5.74, 6) is 0.137. The average Bonchev–Trinajstić information content (AvgIpc) is 3.30. The molecule has 27 heavy (non-hydrogen) atoms. The normalized spacial score (nSPS) is 14.5. The fourth-order valence-electron chi connectivity index (χ4n) is 3.40. The van der Waals surface area contributed by atoms with Gasteiger partial charge in [0.05, 0.1) is 17.1 Å². The van der Waals surface area contributed by atoms with Gasteiger partial charge in [0.2, 0.25) is 5.91 Å². The first kappa shape index (κ1) is 19.3. The van der Waals surface area contributed by atoms with Gasteiger partial charge in [0, 0.05) is 37.8 Å². The zero-order chi connectivity index (χ0) is 19.6. The standard InChI is InChI=1S/C20H29N5O2/c1-13(2)17-11-15(16-12-22-25(14(3)4)19(16)23-17)20(27)21-8-7-18(26)24-9-5-6-10-24/h11-14H,5-10H2,1-4H3,(H,21,27). The van der Waals surface area contributed by atoms with Crippen LogP contribution in [0.1, 0.15) is 75.0 Å². The number of carbonyl (C=O) groups is 2. The summed E-state index contributed by atoms with van der Waals surface area (Å²) in [6.07, 6.45) is 4.19. The third kappa shape index (κ3) is 4.12. The molecule has 0 spiro atoms. The van der Waals surface area contributed by atoms with Crippen LogP contribution in [0.3, 0.4) is 0 Å². The van der Waals surface area contributed by atoms with E-state index in [4.69, 9.17) is 4.98 Å². The Bertz CT molecular complexity index is 834. The van der Waals surface area contributed by atoms with E-state index < -0.39 is 0 Å². The highest BCUT2D eigenvalue weighted by Gasteiger charge is 2.20. The quantitative estimate of drug-likeness (QED) is 0.847. The van der Waals surface area contributed by atoms with Gasteiger partial charge in [-0.05, 0) is 38.7 Å². The van der Waals surface area contributed by atoms with Crippen molar-refractivity contribution in [2.24, 2.45) is 0 Å². The van der Waals surface area contributed by atoms with E-state index in [0.29, 0.717) is 18.5 Å². The van der Waals surface area contributed by atoms with E-state index in [0.717, 1.165) is 42.7 Å². The zero-order valence-electron chi connectivity index (χ0n) is 16.7. The van der Waals surface area contributed by atoms with Gasteiger partial charge in [-0.2, -0.15) is 5.10 Å². The molecule has 1 aliphatic heterocycles. The SMILES string of the molecule is CC(C)c1cc(C(=O)NCCC(=O)N2CCCC2)c2cnn(C(C)C)c2n1. The summed E-state index contributed by atoms with van der Waals surface area (Å²) in [6, 6.07) is 2.00. The summed E-state index contributed by atoms with van der Waals surface area (Å²) in [5.41, 5.74) is 2.17. The molecule has 0 radical (unpaired) electrons. The predicted molar refractivity (Wildman–Crippen MR) is 105 cm³/mol. The maximum atomic E-state index is 12.8. The fourth-order valence-corrected chi connectivity index (χ4v) is 3.40. The summed E-state index contributed by atoms with van der Waals surface area (Å²) in [5, 5.41) is 8.06. The Balaban J connectivity index is 1.77. The molecule has 0 bridgehead atoms. The summed E-state index contributed by atoms with van der Waals surface area (Å²) < 4.78 is 1.84. The molecule has 2 amide bonds. The summed E-state index contributed by atoms with van der Waals surface area (Å²) >= 11 is 0. The van der Waals surface area contributed by atoms with Crippen LogP contribution in [0.5, 0.6) is 0 Å². The third-order valence-electron chi connectivity index (χ3n) is 5.00. The van der Waals surface area contributed by atoms with Gasteiger partial charge in [0.25, 0.3) is 5.91 Å². The highest BCUT2D eigenvalue weighted by Crippen LogP contribution is 2.24. The van der Waals surface area contributed by atoms with Gasteiger partial charge in [-0.1, -0.05) is 13.8 Å². The first-order valence-electron chi connectivity index (χ1n) is 9.82. The minimum absolute atomic E-state index is 0.114. The predicted octanol–water partition coefficient (Wildman–Crippen LogP) is 2.88. The molecule has 0 atom stereocenters. The van der Waals surface area contributed by atoms with Crippen LogP contribution in [0.25, 0.3) is 11.0 Å². The minimum atomic E-state index is -0.179. The molecule has 3 heterocycles. The van der Waals surface area contributed by atoms with E-state index in [-0.39, 0.29) is 23.8 Å². The van der Waals surface area contributed by atoms with Gasteiger partial charge in [0.1, 0.15) is 0 Å². The van der Waals surface area contributed by atoms with Crippen LogP contribution < -0.4 is 5.32 Å². The van der Waals surface area contributed by atoms with Crippen LogP contribution >= 0.6 is 0 Å². The van der Waals surface area contributed by atoms with Gasteiger partial charge >= 0.3 is 0 Å². The number of nitrogens with one attached hydrogen (secondary N) is 1. The number of hydrogen-bond acceptors (Lipinski definition) is 4.